The van der Waals surface area contributed by atoms with Gasteiger partial charge in [-0.3, -0.25) is 4.68 Å². The van der Waals surface area contributed by atoms with E-state index in [9.17, 15) is 5.11 Å². The molecular formula is C14H16N2O2. The van der Waals surface area contributed by atoms with Crippen LogP contribution in [0.3, 0.4) is 0 Å². The number of rotatable bonds is 3. The molecular weight excluding hydrogens is 228 g/mol. The van der Waals surface area contributed by atoms with Crippen LogP contribution in [0, 0.1) is 0 Å². The van der Waals surface area contributed by atoms with E-state index in [1.807, 2.05) is 31.4 Å². The molecule has 0 fully saturated rings. The van der Waals surface area contributed by atoms with Gasteiger partial charge in [-0.25, -0.2) is 0 Å². The smallest absolute Gasteiger partial charge is 0.120 e. The molecule has 0 saturated heterocycles. The highest BCUT2D eigenvalue weighted by Crippen LogP contribution is 2.33. The second-order valence-corrected chi connectivity index (χ2v) is 4.73. The van der Waals surface area contributed by atoms with Crippen molar-refractivity contribution in [3.63, 3.8) is 0 Å². The fourth-order valence-corrected chi connectivity index (χ4v) is 2.37. The molecule has 0 spiro atoms. The van der Waals surface area contributed by atoms with Crippen LogP contribution < -0.4 is 4.74 Å². The van der Waals surface area contributed by atoms with Gasteiger partial charge in [0.2, 0.25) is 0 Å². The van der Waals surface area contributed by atoms with Crippen LogP contribution in [0.4, 0.5) is 0 Å². The summed E-state index contributed by atoms with van der Waals surface area (Å²) in [6.45, 7) is 0.523. The third kappa shape index (κ3) is 2.11. The van der Waals surface area contributed by atoms with Crippen molar-refractivity contribution in [3.8, 4) is 5.75 Å². The maximum absolute atomic E-state index is 9.73. The standard InChI is InChI=1S/C14H16N2O2/c1-16-8-10(7-15-16)9-18-12-3-4-13-11(6-12)2-5-14(13)17/h3-4,6-8,14,17H,2,5,9H2,1H3/t14-/m0/s1. The van der Waals surface area contributed by atoms with Gasteiger partial charge in [-0.05, 0) is 36.1 Å². The molecule has 1 atom stereocenters. The van der Waals surface area contributed by atoms with Gasteiger partial charge in [0.15, 0.2) is 0 Å². The van der Waals surface area contributed by atoms with Gasteiger partial charge in [0.1, 0.15) is 12.4 Å². The van der Waals surface area contributed by atoms with E-state index in [0.29, 0.717) is 6.61 Å². The number of aromatic nitrogens is 2. The monoisotopic (exact) mass is 244 g/mol. The molecule has 3 rings (SSSR count). The molecule has 1 aliphatic rings. The highest BCUT2D eigenvalue weighted by molar-refractivity contribution is 5.39. The van der Waals surface area contributed by atoms with E-state index in [1.54, 1.807) is 10.9 Å². The topological polar surface area (TPSA) is 47.3 Å². The number of aliphatic hydroxyl groups excluding tert-OH is 1. The quantitative estimate of drug-likeness (QED) is 0.898. The number of nitrogens with zero attached hydrogens (tertiary/aromatic N) is 2. The highest BCUT2D eigenvalue weighted by Gasteiger charge is 2.20. The van der Waals surface area contributed by atoms with Gasteiger partial charge < -0.3 is 9.84 Å². The van der Waals surface area contributed by atoms with E-state index in [4.69, 9.17) is 4.74 Å². The summed E-state index contributed by atoms with van der Waals surface area (Å²) in [5.74, 6) is 0.853. The third-order valence-corrected chi connectivity index (χ3v) is 3.32. The van der Waals surface area contributed by atoms with Crippen molar-refractivity contribution >= 4 is 0 Å². The van der Waals surface area contributed by atoms with Crippen molar-refractivity contribution in [2.45, 2.75) is 25.6 Å². The Morgan fingerprint density at radius 2 is 2.39 bits per heavy atom. The minimum atomic E-state index is -0.299. The van der Waals surface area contributed by atoms with Gasteiger partial charge in [-0.2, -0.15) is 5.10 Å². The second kappa shape index (κ2) is 4.46. The molecule has 18 heavy (non-hydrogen) atoms. The van der Waals surface area contributed by atoms with Gasteiger partial charge in [0.05, 0.1) is 12.3 Å². The maximum atomic E-state index is 9.73. The number of benzene rings is 1. The minimum absolute atomic E-state index is 0.299. The maximum Gasteiger partial charge on any atom is 0.120 e. The summed E-state index contributed by atoms with van der Waals surface area (Å²) in [6, 6.07) is 5.91. The summed E-state index contributed by atoms with van der Waals surface area (Å²) in [5.41, 5.74) is 3.30. The van der Waals surface area contributed by atoms with E-state index in [0.717, 1.165) is 29.7 Å². The molecule has 0 saturated carbocycles. The molecule has 2 aromatic rings. The Labute approximate surface area is 106 Å². The lowest BCUT2D eigenvalue weighted by molar-refractivity contribution is 0.180. The first-order chi connectivity index (χ1) is 8.72. The Morgan fingerprint density at radius 1 is 1.50 bits per heavy atom. The molecule has 1 N–H and O–H groups in total. The van der Waals surface area contributed by atoms with Crippen molar-refractivity contribution in [1.82, 2.24) is 9.78 Å². The van der Waals surface area contributed by atoms with Crippen LogP contribution in [0.5, 0.6) is 5.75 Å². The summed E-state index contributed by atoms with van der Waals surface area (Å²) in [7, 11) is 1.89. The summed E-state index contributed by atoms with van der Waals surface area (Å²) in [4.78, 5) is 0. The lowest BCUT2D eigenvalue weighted by atomic mass is 10.1. The number of hydrogen-bond acceptors (Lipinski definition) is 3. The van der Waals surface area contributed by atoms with E-state index >= 15 is 0 Å². The van der Waals surface area contributed by atoms with Crippen LogP contribution in [0.1, 0.15) is 29.2 Å². The van der Waals surface area contributed by atoms with E-state index in [1.165, 1.54) is 5.56 Å². The summed E-state index contributed by atoms with van der Waals surface area (Å²) >= 11 is 0. The van der Waals surface area contributed by atoms with Crippen LogP contribution >= 0.6 is 0 Å². The van der Waals surface area contributed by atoms with Crippen LogP contribution in [-0.4, -0.2) is 14.9 Å². The Kier molecular flexibility index (Phi) is 2.80. The molecule has 1 aromatic heterocycles. The second-order valence-electron chi connectivity index (χ2n) is 4.73. The normalized spacial score (nSPS) is 17.8. The number of fused-ring (bicyclic) bond motifs is 1. The number of hydrogen-bond donors (Lipinski definition) is 1. The van der Waals surface area contributed by atoms with Gasteiger partial charge in [-0.15, -0.1) is 0 Å². The SMILES string of the molecule is Cn1cc(COc2ccc3c(c2)CC[C@@H]3O)cn1. The van der Waals surface area contributed by atoms with Gasteiger partial charge >= 0.3 is 0 Å². The number of aryl methyl sites for hydroxylation is 2. The lowest BCUT2D eigenvalue weighted by Gasteiger charge is -2.08. The molecule has 0 bridgehead atoms. The molecule has 94 valence electrons. The molecule has 0 amide bonds. The molecule has 0 unspecified atom stereocenters. The van der Waals surface area contributed by atoms with Gasteiger partial charge in [0, 0.05) is 18.8 Å². The first-order valence-corrected chi connectivity index (χ1v) is 6.13. The molecule has 1 aliphatic carbocycles. The van der Waals surface area contributed by atoms with Gasteiger partial charge in [-0.1, -0.05) is 6.07 Å². The summed E-state index contributed by atoms with van der Waals surface area (Å²) in [5, 5.41) is 13.8. The zero-order valence-electron chi connectivity index (χ0n) is 10.3. The summed E-state index contributed by atoms with van der Waals surface area (Å²) < 4.78 is 7.49. The highest BCUT2D eigenvalue weighted by atomic mass is 16.5. The zero-order chi connectivity index (χ0) is 12.5. The van der Waals surface area contributed by atoms with Crippen molar-refractivity contribution < 1.29 is 9.84 Å². The molecule has 0 radical (unpaired) electrons. The predicted molar refractivity (Wildman–Crippen MR) is 67.3 cm³/mol. The number of ether oxygens (including phenoxy) is 1. The average molecular weight is 244 g/mol. The average Bonchev–Trinajstić information content (AvgIpc) is 2.94. The van der Waals surface area contributed by atoms with Crippen molar-refractivity contribution in [3.05, 3.63) is 47.3 Å². The lowest BCUT2D eigenvalue weighted by Crippen LogP contribution is -1.96. The first kappa shape index (κ1) is 11.3. The Bertz CT molecular complexity index is 563. The van der Waals surface area contributed by atoms with Crippen LogP contribution in [0.2, 0.25) is 0 Å². The molecule has 1 heterocycles. The molecule has 4 nitrogen and oxygen atoms in total. The molecule has 1 aromatic carbocycles. The van der Waals surface area contributed by atoms with Crippen molar-refractivity contribution in [1.29, 1.82) is 0 Å². The first-order valence-electron chi connectivity index (χ1n) is 6.13. The van der Waals surface area contributed by atoms with Crippen LogP contribution in [0.15, 0.2) is 30.6 Å². The Hall–Kier alpha value is -1.81. The summed E-state index contributed by atoms with van der Waals surface area (Å²) in [6.07, 6.45) is 5.20. The van der Waals surface area contributed by atoms with Crippen LogP contribution in [-0.2, 0) is 20.1 Å². The minimum Gasteiger partial charge on any atom is -0.489 e. The fraction of sp³-hybridized carbons (Fsp3) is 0.357. The Balaban J connectivity index is 1.70. The Morgan fingerprint density at radius 3 is 3.17 bits per heavy atom. The fourth-order valence-electron chi connectivity index (χ4n) is 2.37. The molecule has 0 aliphatic heterocycles. The largest absolute Gasteiger partial charge is 0.489 e. The van der Waals surface area contributed by atoms with Gasteiger partial charge in [0.25, 0.3) is 0 Å². The predicted octanol–water partition coefficient (Wildman–Crippen LogP) is 1.98. The van der Waals surface area contributed by atoms with E-state index < -0.39 is 0 Å². The number of aliphatic hydroxyl groups is 1. The zero-order valence-corrected chi connectivity index (χ0v) is 10.3. The van der Waals surface area contributed by atoms with Crippen LogP contribution in [0.25, 0.3) is 0 Å². The van der Waals surface area contributed by atoms with Crippen molar-refractivity contribution in [2.24, 2.45) is 7.05 Å². The third-order valence-electron chi connectivity index (χ3n) is 3.32. The van der Waals surface area contributed by atoms with Crippen molar-refractivity contribution in [2.75, 3.05) is 0 Å². The van der Waals surface area contributed by atoms with E-state index in [-0.39, 0.29) is 6.10 Å². The molecule has 4 heteroatoms. The van der Waals surface area contributed by atoms with E-state index in [2.05, 4.69) is 5.10 Å².